The van der Waals surface area contributed by atoms with E-state index in [0.717, 1.165) is 22.3 Å². The highest BCUT2D eigenvalue weighted by Gasteiger charge is 2.11. The molecule has 0 fully saturated rings. The zero-order valence-corrected chi connectivity index (χ0v) is 16.6. The van der Waals surface area contributed by atoms with Gasteiger partial charge in [0.25, 0.3) is 5.91 Å². The van der Waals surface area contributed by atoms with Gasteiger partial charge in [-0.25, -0.2) is 0 Å². The molecule has 2 rings (SSSR count). The van der Waals surface area contributed by atoms with Crippen LogP contribution >= 0.6 is 34.8 Å². The molecule has 0 saturated heterocycles. The SMILES string of the molecule is CCN(CC)c1ccc(NC(=S)NC(=O)c2ccccc2I)cc1. The lowest BCUT2D eigenvalue weighted by Crippen LogP contribution is -2.34. The maximum atomic E-state index is 12.2. The number of thiocarbonyl (C=S) groups is 1. The second-order valence-corrected chi connectivity index (χ2v) is 6.68. The number of anilines is 2. The van der Waals surface area contributed by atoms with Crippen molar-refractivity contribution in [2.24, 2.45) is 0 Å². The Labute approximate surface area is 161 Å². The van der Waals surface area contributed by atoms with Gasteiger partial charge in [0.15, 0.2) is 5.11 Å². The number of carbonyl (C=O) groups is 1. The van der Waals surface area contributed by atoms with E-state index >= 15 is 0 Å². The zero-order chi connectivity index (χ0) is 17.5. The smallest absolute Gasteiger partial charge is 0.258 e. The van der Waals surface area contributed by atoms with Gasteiger partial charge in [0, 0.05) is 28.0 Å². The molecular weight excluding hydrogens is 433 g/mol. The van der Waals surface area contributed by atoms with Crippen LogP contribution in [-0.2, 0) is 0 Å². The molecule has 0 saturated carbocycles. The highest BCUT2D eigenvalue weighted by molar-refractivity contribution is 14.1. The summed E-state index contributed by atoms with van der Waals surface area (Å²) in [6, 6.07) is 15.4. The molecule has 0 aliphatic heterocycles. The van der Waals surface area contributed by atoms with Gasteiger partial charge in [0.05, 0.1) is 5.56 Å². The standard InChI is InChI=1S/C18H20IN3OS/c1-3-22(4-2)14-11-9-13(10-12-14)20-18(24)21-17(23)15-7-5-6-8-16(15)19/h5-12H,3-4H2,1-2H3,(H2,20,21,23,24). The van der Waals surface area contributed by atoms with Crippen molar-refractivity contribution >= 4 is 57.2 Å². The fraction of sp³-hybridized carbons (Fsp3) is 0.222. The maximum absolute atomic E-state index is 12.2. The molecule has 1 amide bonds. The number of benzene rings is 2. The lowest BCUT2D eigenvalue weighted by molar-refractivity contribution is 0.0977. The van der Waals surface area contributed by atoms with Crippen molar-refractivity contribution in [1.29, 1.82) is 0 Å². The molecule has 0 atom stereocenters. The van der Waals surface area contributed by atoms with Crippen molar-refractivity contribution in [2.45, 2.75) is 13.8 Å². The number of hydrogen-bond donors (Lipinski definition) is 2. The van der Waals surface area contributed by atoms with E-state index < -0.39 is 0 Å². The third-order valence-corrected chi connectivity index (χ3v) is 4.74. The number of hydrogen-bond acceptors (Lipinski definition) is 3. The number of rotatable bonds is 5. The minimum Gasteiger partial charge on any atom is -0.372 e. The molecule has 0 radical (unpaired) electrons. The Kier molecular flexibility index (Phi) is 6.99. The highest BCUT2D eigenvalue weighted by Crippen LogP contribution is 2.17. The predicted octanol–water partition coefficient (Wildman–Crippen LogP) is 4.26. The fourth-order valence-electron chi connectivity index (χ4n) is 2.32. The van der Waals surface area contributed by atoms with Gasteiger partial charge in [-0.1, -0.05) is 12.1 Å². The first-order valence-corrected chi connectivity index (χ1v) is 9.25. The average molecular weight is 453 g/mol. The van der Waals surface area contributed by atoms with Crippen molar-refractivity contribution in [2.75, 3.05) is 23.3 Å². The maximum Gasteiger partial charge on any atom is 0.258 e. The summed E-state index contributed by atoms with van der Waals surface area (Å²) in [6.45, 7) is 6.19. The van der Waals surface area contributed by atoms with Crippen molar-refractivity contribution in [3.8, 4) is 0 Å². The van der Waals surface area contributed by atoms with Crippen molar-refractivity contribution < 1.29 is 4.79 Å². The molecule has 0 bridgehead atoms. The van der Waals surface area contributed by atoms with Gasteiger partial charge in [-0.05, 0) is 85.1 Å². The summed E-state index contributed by atoms with van der Waals surface area (Å²) in [5.41, 5.74) is 2.62. The largest absolute Gasteiger partial charge is 0.372 e. The van der Waals surface area contributed by atoms with Gasteiger partial charge in [-0.15, -0.1) is 0 Å². The van der Waals surface area contributed by atoms with E-state index in [2.05, 4.69) is 52.0 Å². The molecule has 2 aromatic rings. The molecule has 0 unspecified atom stereocenters. The first kappa shape index (κ1) is 18.7. The van der Waals surface area contributed by atoms with E-state index in [4.69, 9.17) is 12.2 Å². The predicted molar refractivity (Wildman–Crippen MR) is 113 cm³/mol. The molecule has 0 aliphatic rings. The zero-order valence-electron chi connectivity index (χ0n) is 13.7. The second-order valence-electron chi connectivity index (χ2n) is 5.11. The van der Waals surface area contributed by atoms with Gasteiger partial charge < -0.3 is 10.2 Å². The summed E-state index contributed by atoms with van der Waals surface area (Å²) in [4.78, 5) is 14.5. The monoisotopic (exact) mass is 453 g/mol. The molecular formula is C18H20IN3OS. The Balaban J connectivity index is 1.97. The summed E-state index contributed by atoms with van der Waals surface area (Å²) < 4.78 is 0.888. The minimum absolute atomic E-state index is 0.211. The van der Waals surface area contributed by atoms with Crippen molar-refractivity contribution in [1.82, 2.24) is 5.32 Å². The van der Waals surface area contributed by atoms with E-state index in [1.807, 2.05) is 42.5 Å². The molecule has 0 aromatic heterocycles. The summed E-state index contributed by atoms with van der Waals surface area (Å²) in [6.07, 6.45) is 0. The molecule has 4 nitrogen and oxygen atoms in total. The second kappa shape index (κ2) is 8.98. The Morgan fingerprint density at radius 1 is 1.08 bits per heavy atom. The van der Waals surface area contributed by atoms with E-state index in [1.54, 1.807) is 6.07 Å². The summed E-state index contributed by atoms with van der Waals surface area (Å²) in [5.74, 6) is -0.211. The number of halogens is 1. The molecule has 0 spiro atoms. The summed E-state index contributed by atoms with van der Waals surface area (Å²) in [7, 11) is 0. The number of nitrogens with one attached hydrogen (secondary N) is 2. The van der Waals surface area contributed by atoms with Crippen molar-refractivity contribution in [3.63, 3.8) is 0 Å². The Morgan fingerprint density at radius 3 is 2.29 bits per heavy atom. The molecule has 126 valence electrons. The van der Waals surface area contributed by atoms with Crippen LogP contribution in [0.4, 0.5) is 11.4 Å². The Morgan fingerprint density at radius 2 is 1.71 bits per heavy atom. The topological polar surface area (TPSA) is 44.4 Å². The third kappa shape index (κ3) is 4.91. The van der Waals surface area contributed by atoms with Crippen molar-refractivity contribution in [3.05, 3.63) is 57.7 Å². The summed E-state index contributed by atoms with van der Waals surface area (Å²) >= 11 is 7.36. The van der Waals surface area contributed by atoms with Gasteiger partial charge in [-0.3, -0.25) is 10.1 Å². The van der Waals surface area contributed by atoms with Crippen LogP contribution in [0.2, 0.25) is 0 Å². The number of nitrogens with zero attached hydrogens (tertiary/aromatic N) is 1. The first-order valence-electron chi connectivity index (χ1n) is 7.77. The number of amides is 1. The van der Waals surface area contributed by atoms with Crippen LogP contribution in [0.1, 0.15) is 24.2 Å². The Bertz CT molecular complexity index is 714. The van der Waals surface area contributed by atoms with Gasteiger partial charge in [0.1, 0.15) is 0 Å². The number of carbonyl (C=O) groups excluding carboxylic acids is 1. The van der Waals surface area contributed by atoms with E-state index in [-0.39, 0.29) is 11.0 Å². The van der Waals surface area contributed by atoms with Crippen LogP contribution in [0.15, 0.2) is 48.5 Å². The fourth-order valence-corrected chi connectivity index (χ4v) is 3.17. The average Bonchev–Trinajstić information content (AvgIpc) is 2.57. The van der Waals surface area contributed by atoms with Gasteiger partial charge in [-0.2, -0.15) is 0 Å². The molecule has 2 aromatic carbocycles. The van der Waals surface area contributed by atoms with E-state index in [9.17, 15) is 4.79 Å². The normalized spacial score (nSPS) is 10.1. The first-order chi connectivity index (χ1) is 11.5. The Hall–Kier alpha value is -1.67. The molecule has 0 aliphatic carbocycles. The molecule has 2 N–H and O–H groups in total. The lowest BCUT2D eigenvalue weighted by atomic mass is 10.2. The van der Waals surface area contributed by atoms with Crippen LogP contribution in [0.25, 0.3) is 0 Å². The van der Waals surface area contributed by atoms with Gasteiger partial charge in [0.2, 0.25) is 0 Å². The van der Waals surface area contributed by atoms with Crippen LogP contribution < -0.4 is 15.5 Å². The molecule has 24 heavy (non-hydrogen) atoms. The third-order valence-electron chi connectivity index (χ3n) is 3.60. The molecule has 6 heteroatoms. The molecule has 0 heterocycles. The van der Waals surface area contributed by atoms with Crippen LogP contribution in [0, 0.1) is 3.57 Å². The van der Waals surface area contributed by atoms with Crippen LogP contribution in [-0.4, -0.2) is 24.1 Å². The van der Waals surface area contributed by atoms with E-state index in [1.165, 1.54) is 5.69 Å². The highest BCUT2D eigenvalue weighted by atomic mass is 127. The van der Waals surface area contributed by atoms with Gasteiger partial charge >= 0.3 is 0 Å². The van der Waals surface area contributed by atoms with Crippen LogP contribution in [0.3, 0.4) is 0 Å². The summed E-state index contributed by atoms with van der Waals surface area (Å²) in [5, 5.41) is 6.04. The van der Waals surface area contributed by atoms with E-state index in [0.29, 0.717) is 5.56 Å². The quantitative estimate of drug-likeness (QED) is 0.525. The minimum atomic E-state index is -0.211. The van der Waals surface area contributed by atoms with Crippen LogP contribution in [0.5, 0.6) is 0 Å². The lowest BCUT2D eigenvalue weighted by Gasteiger charge is -2.21.